The van der Waals surface area contributed by atoms with Crippen molar-refractivity contribution in [2.45, 2.75) is 38.1 Å². The number of carbonyl (C=O) groups excluding carboxylic acids is 1. The van der Waals surface area contributed by atoms with Crippen molar-refractivity contribution < 1.29 is 9.18 Å². The van der Waals surface area contributed by atoms with Crippen molar-refractivity contribution >= 4 is 28.1 Å². The number of para-hydroxylation sites is 1. The Morgan fingerprint density at radius 3 is 2.54 bits per heavy atom. The van der Waals surface area contributed by atoms with Gasteiger partial charge in [-0.25, -0.2) is 4.39 Å². The first-order valence-electron chi connectivity index (χ1n) is 13.5. The lowest BCUT2D eigenvalue weighted by molar-refractivity contribution is 0.0783. The maximum absolute atomic E-state index is 13.9. The van der Waals surface area contributed by atoms with Crippen LogP contribution in [0.1, 0.15) is 53.1 Å². The lowest BCUT2D eigenvalue weighted by Gasteiger charge is -2.34. The summed E-state index contributed by atoms with van der Waals surface area (Å²) >= 11 is 1.74. The first-order chi connectivity index (χ1) is 18.1. The van der Waals surface area contributed by atoms with Gasteiger partial charge in [-0.3, -0.25) is 4.79 Å². The molecule has 1 amide bonds. The molecule has 0 spiro atoms. The molecule has 6 heteroatoms. The normalized spacial score (nSPS) is 21.2. The van der Waals surface area contributed by atoms with Crippen LogP contribution in [0.25, 0.3) is 10.9 Å². The maximum Gasteiger partial charge on any atom is 0.256 e. The van der Waals surface area contributed by atoms with E-state index in [0.29, 0.717) is 17.8 Å². The maximum atomic E-state index is 13.9. The topological polar surface area (TPSA) is 28.5 Å². The molecule has 37 heavy (non-hydrogen) atoms. The first kappa shape index (κ1) is 24.4. The Morgan fingerprint density at radius 1 is 1.00 bits per heavy atom. The second-order valence-corrected chi connectivity index (χ2v) is 11.4. The summed E-state index contributed by atoms with van der Waals surface area (Å²) in [4.78, 5) is 18.6. The zero-order valence-corrected chi connectivity index (χ0v) is 22.2. The zero-order valence-electron chi connectivity index (χ0n) is 21.4. The minimum absolute atomic E-state index is 0.150. The molecule has 2 fully saturated rings. The highest BCUT2D eigenvalue weighted by Crippen LogP contribution is 2.37. The number of rotatable bonds is 6. The van der Waals surface area contributed by atoms with Crippen LogP contribution in [0.15, 0.2) is 71.6 Å². The van der Waals surface area contributed by atoms with Crippen LogP contribution >= 0.6 is 11.3 Å². The van der Waals surface area contributed by atoms with Crippen LogP contribution in [-0.4, -0.2) is 53.0 Å². The van der Waals surface area contributed by atoms with Crippen molar-refractivity contribution in [3.05, 3.63) is 94.1 Å². The van der Waals surface area contributed by atoms with Crippen LogP contribution < -0.4 is 0 Å². The number of nitrogens with zero attached hydrogens (tertiary/aromatic N) is 3. The number of aromatic nitrogens is 1. The number of carbonyl (C=O) groups is 1. The van der Waals surface area contributed by atoms with Crippen molar-refractivity contribution in [1.82, 2.24) is 14.4 Å². The Morgan fingerprint density at radius 2 is 1.81 bits per heavy atom. The van der Waals surface area contributed by atoms with Crippen LogP contribution in [0.3, 0.4) is 0 Å². The summed E-state index contributed by atoms with van der Waals surface area (Å²) in [5.74, 6) is 1.26. The van der Waals surface area contributed by atoms with Crippen LogP contribution in [0.5, 0.6) is 0 Å². The van der Waals surface area contributed by atoms with Gasteiger partial charge in [0.05, 0.1) is 11.1 Å². The van der Waals surface area contributed by atoms with Gasteiger partial charge < -0.3 is 14.4 Å². The Labute approximate surface area is 222 Å². The highest BCUT2D eigenvalue weighted by molar-refractivity contribution is 7.08. The SMILES string of the molecule is CCn1ccc2cccc(C(=O)N3CC(CN4CCC(c5ccc(F)cc5)CC4)C(c4ccsc4)C3)c21. The predicted molar refractivity (Wildman–Crippen MR) is 149 cm³/mol. The van der Waals surface area contributed by atoms with Gasteiger partial charge in [-0.1, -0.05) is 24.3 Å². The Hall–Kier alpha value is -2.96. The molecule has 0 N–H and O–H groups in total. The molecule has 2 saturated heterocycles. The van der Waals surface area contributed by atoms with Crippen molar-refractivity contribution in [2.24, 2.45) is 5.92 Å². The van der Waals surface area contributed by atoms with Gasteiger partial charge in [-0.15, -0.1) is 0 Å². The highest BCUT2D eigenvalue weighted by atomic mass is 32.1. The van der Waals surface area contributed by atoms with Crippen LogP contribution in [-0.2, 0) is 6.54 Å². The molecule has 2 aliphatic heterocycles. The lowest BCUT2D eigenvalue weighted by Crippen LogP contribution is -2.38. The highest BCUT2D eigenvalue weighted by Gasteiger charge is 2.38. The van der Waals surface area contributed by atoms with E-state index < -0.39 is 0 Å². The van der Waals surface area contributed by atoms with Crippen LogP contribution in [0.2, 0.25) is 0 Å². The number of likely N-dealkylation sites (tertiary alicyclic amines) is 2. The molecule has 2 aromatic carbocycles. The van der Waals surface area contributed by atoms with E-state index in [-0.39, 0.29) is 11.7 Å². The monoisotopic (exact) mass is 515 g/mol. The van der Waals surface area contributed by atoms with Gasteiger partial charge >= 0.3 is 0 Å². The zero-order chi connectivity index (χ0) is 25.4. The molecule has 192 valence electrons. The quantitative estimate of drug-likeness (QED) is 0.290. The molecule has 4 heterocycles. The van der Waals surface area contributed by atoms with Gasteiger partial charge in [0.1, 0.15) is 5.82 Å². The molecule has 4 nitrogen and oxygen atoms in total. The van der Waals surface area contributed by atoms with Crippen LogP contribution in [0.4, 0.5) is 4.39 Å². The minimum Gasteiger partial charge on any atom is -0.347 e. The smallest absolute Gasteiger partial charge is 0.256 e. The van der Waals surface area contributed by atoms with E-state index in [9.17, 15) is 9.18 Å². The third-order valence-electron chi connectivity index (χ3n) is 8.48. The minimum atomic E-state index is -0.167. The number of benzene rings is 2. The van der Waals surface area contributed by atoms with E-state index in [2.05, 4.69) is 56.4 Å². The number of amides is 1. The van der Waals surface area contributed by atoms with E-state index in [1.165, 1.54) is 11.1 Å². The van der Waals surface area contributed by atoms with Gasteiger partial charge in [0, 0.05) is 43.7 Å². The summed E-state index contributed by atoms with van der Waals surface area (Å²) in [6.07, 6.45) is 4.28. The fourth-order valence-corrected chi connectivity index (χ4v) is 7.19. The summed E-state index contributed by atoms with van der Waals surface area (Å²) in [6.45, 7) is 7.64. The van der Waals surface area contributed by atoms with Crippen molar-refractivity contribution in [3.63, 3.8) is 0 Å². The van der Waals surface area contributed by atoms with E-state index in [4.69, 9.17) is 0 Å². The molecule has 0 radical (unpaired) electrons. The molecule has 4 aromatic rings. The van der Waals surface area contributed by atoms with Crippen molar-refractivity contribution in [1.29, 1.82) is 0 Å². The van der Waals surface area contributed by atoms with Crippen molar-refractivity contribution in [3.8, 4) is 0 Å². The summed E-state index contributed by atoms with van der Waals surface area (Å²) in [6, 6.07) is 17.5. The number of aryl methyl sites for hydroxylation is 1. The summed E-state index contributed by atoms with van der Waals surface area (Å²) in [5, 5.41) is 5.54. The summed E-state index contributed by atoms with van der Waals surface area (Å²) in [7, 11) is 0. The number of fused-ring (bicyclic) bond motifs is 1. The lowest BCUT2D eigenvalue weighted by atomic mass is 9.87. The molecular weight excluding hydrogens is 481 g/mol. The summed E-state index contributed by atoms with van der Waals surface area (Å²) in [5.41, 5.74) is 4.48. The standard InChI is InChI=1S/C31H34FN3OS/c1-2-34-16-12-24-4-3-5-28(30(24)34)31(36)35-19-26(29(20-35)25-13-17-37-21-25)18-33-14-10-23(11-15-33)22-6-8-27(32)9-7-22/h3-9,12-13,16-17,21,23,26,29H,2,10-11,14-15,18-20H2,1H3. The second-order valence-electron chi connectivity index (χ2n) is 10.6. The number of hydrogen-bond acceptors (Lipinski definition) is 3. The average molecular weight is 516 g/mol. The van der Waals surface area contributed by atoms with Gasteiger partial charge in [-0.05, 0) is 96.9 Å². The Balaban J connectivity index is 1.18. The Bertz CT molecular complexity index is 1360. The molecule has 6 rings (SSSR count). The molecule has 0 saturated carbocycles. The average Bonchev–Trinajstić information content (AvgIpc) is 3.69. The summed E-state index contributed by atoms with van der Waals surface area (Å²) < 4.78 is 15.5. The van der Waals surface area contributed by atoms with E-state index >= 15 is 0 Å². The fraction of sp³-hybridized carbons (Fsp3) is 0.387. The molecule has 2 aliphatic rings. The third kappa shape index (κ3) is 4.85. The third-order valence-corrected chi connectivity index (χ3v) is 9.18. The number of piperidine rings is 1. The van der Waals surface area contributed by atoms with E-state index in [0.717, 1.165) is 68.6 Å². The molecule has 2 unspecified atom stereocenters. The largest absolute Gasteiger partial charge is 0.347 e. The molecule has 2 aromatic heterocycles. The fourth-order valence-electron chi connectivity index (χ4n) is 6.47. The van der Waals surface area contributed by atoms with Crippen LogP contribution in [0, 0.1) is 11.7 Å². The molecule has 0 bridgehead atoms. The van der Waals surface area contributed by atoms with Crippen molar-refractivity contribution in [2.75, 3.05) is 32.7 Å². The number of hydrogen-bond donors (Lipinski definition) is 0. The molecule has 2 atom stereocenters. The van der Waals surface area contributed by atoms with Gasteiger partial charge in [-0.2, -0.15) is 11.3 Å². The first-order valence-corrected chi connectivity index (χ1v) is 14.4. The van der Waals surface area contributed by atoms with Gasteiger partial charge in [0.2, 0.25) is 0 Å². The second kappa shape index (κ2) is 10.4. The predicted octanol–water partition coefficient (Wildman–Crippen LogP) is 6.60. The van der Waals surface area contributed by atoms with Gasteiger partial charge in [0.15, 0.2) is 0 Å². The molecular formula is C31H34FN3OS. The number of thiophene rings is 1. The molecule has 0 aliphatic carbocycles. The van der Waals surface area contributed by atoms with E-state index in [1.54, 1.807) is 23.5 Å². The van der Waals surface area contributed by atoms with Gasteiger partial charge in [0.25, 0.3) is 5.91 Å². The van der Waals surface area contributed by atoms with E-state index in [1.807, 2.05) is 24.3 Å². The number of halogens is 1. The Kier molecular flexibility index (Phi) is 6.87.